The van der Waals surface area contributed by atoms with Crippen LogP contribution in [0.1, 0.15) is 29.8 Å². The average Bonchev–Trinajstić information content (AvgIpc) is 2.81. The molecule has 2 aromatic carbocycles. The van der Waals surface area contributed by atoms with Gasteiger partial charge in [0.2, 0.25) is 0 Å². The predicted octanol–water partition coefficient (Wildman–Crippen LogP) is 4.71. The molecule has 0 saturated carbocycles. The van der Waals surface area contributed by atoms with E-state index in [1.165, 1.54) is 12.1 Å². The Morgan fingerprint density at radius 1 is 1.21 bits per heavy atom. The number of hydrogen-bond donors (Lipinski definition) is 2. The van der Waals surface area contributed by atoms with Crippen LogP contribution in [0.25, 0.3) is 0 Å². The molecule has 2 heterocycles. The molecule has 0 atom stereocenters. The molecule has 2 N–H and O–H groups in total. The van der Waals surface area contributed by atoms with Crippen molar-refractivity contribution in [1.82, 2.24) is 4.98 Å². The van der Waals surface area contributed by atoms with Gasteiger partial charge in [0.25, 0.3) is 5.91 Å². The number of halogens is 1. The highest BCUT2D eigenvalue weighted by Gasteiger charge is 2.25. The number of benzene rings is 2. The van der Waals surface area contributed by atoms with E-state index in [2.05, 4.69) is 10.3 Å². The maximum atomic E-state index is 14.3. The van der Waals surface area contributed by atoms with Crippen LogP contribution in [-0.4, -0.2) is 42.4 Å². The number of ether oxygens (including phenoxy) is 2. The third-order valence-electron chi connectivity index (χ3n) is 4.82. The minimum Gasteiger partial charge on any atom is -0.489 e. The Bertz CT molecular complexity index is 1100. The number of para-hydroxylation sites is 1. The number of aliphatic hydroxyl groups is 1. The first-order valence-electron chi connectivity index (χ1n) is 10.6. The van der Waals surface area contributed by atoms with Gasteiger partial charge in [0.05, 0.1) is 23.9 Å². The van der Waals surface area contributed by atoms with Gasteiger partial charge in [-0.1, -0.05) is 12.1 Å². The number of nitrogens with one attached hydrogen (secondary N) is 1. The van der Waals surface area contributed by atoms with Crippen molar-refractivity contribution in [3.8, 4) is 11.5 Å². The first kappa shape index (κ1) is 24.0. The number of rotatable bonds is 5. The van der Waals surface area contributed by atoms with Crippen molar-refractivity contribution >= 4 is 23.1 Å². The zero-order valence-electron chi connectivity index (χ0n) is 19.1. The first-order valence-corrected chi connectivity index (χ1v) is 10.6. The van der Waals surface area contributed by atoms with E-state index in [-0.39, 0.29) is 17.8 Å². The summed E-state index contributed by atoms with van der Waals surface area (Å²) < 4.78 is 25.5. The highest BCUT2D eigenvalue weighted by Crippen LogP contribution is 2.38. The lowest BCUT2D eigenvalue weighted by Crippen LogP contribution is -2.30. The van der Waals surface area contributed by atoms with Crippen LogP contribution in [0.15, 0.2) is 54.7 Å². The van der Waals surface area contributed by atoms with Gasteiger partial charge in [0, 0.05) is 25.1 Å². The number of aromatic nitrogens is 1. The maximum Gasteiger partial charge on any atom is 0.259 e. The van der Waals surface area contributed by atoms with E-state index >= 15 is 0 Å². The Hall–Kier alpha value is -3.65. The summed E-state index contributed by atoms with van der Waals surface area (Å²) in [4.78, 5) is 19.5. The largest absolute Gasteiger partial charge is 0.489 e. The minimum absolute atomic E-state index is 0.145. The van der Waals surface area contributed by atoms with Crippen LogP contribution in [-0.2, 0) is 0 Å². The number of carbonyl (C=O) groups is 1. The van der Waals surface area contributed by atoms with Gasteiger partial charge < -0.3 is 24.8 Å². The fourth-order valence-corrected chi connectivity index (χ4v) is 3.41. The summed E-state index contributed by atoms with van der Waals surface area (Å²) >= 11 is 0. The highest BCUT2D eigenvalue weighted by atomic mass is 19.1. The van der Waals surface area contributed by atoms with E-state index in [4.69, 9.17) is 14.6 Å². The van der Waals surface area contributed by atoms with Crippen LogP contribution in [0.2, 0.25) is 0 Å². The summed E-state index contributed by atoms with van der Waals surface area (Å²) in [6, 6.07) is 13.7. The topological polar surface area (TPSA) is 83.9 Å². The standard InChI is InChI=1S/C24H24FN3O3.CH4O/c1-15(2)31-21-9-8-17(13-19(21)25)27-24(29)18-5-4-6-20-23(18)30-12-11-28(20)22-10-7-16(3)14-26-22;1-2/h4-10,13-15H,11-12H2,1-3H3,(H,27,29);2H,1H3. The molecule has 1 aromatic heterocycles. The van der Waals surface area contributed by atoms with Gasteiger partial charge in [-0.15, -0.1) is 0 Å². The van der Waals surface area contributed by atoms with E-state index in [1.807, 2.05) is 50.1 Å². The molecule has 0 unspecified atom stereocenters. The van der Waals surface area contributed by atoms with Crippen molar-refractivity contribution in [3.05, 3.63) is 71.7 Å². The van der Waals surface area contributed by atoms with Crippen LogP contribution in [0, 0.1) is 12.7 Å². The number of nitrogens with zero attached hydrogens (tertiary/aromatic N) is 2. The Morgan fingerprint density at radius 3 is 2.67 bits per heavy atom. The Labute approximate surface area is 192 Å². The molecule has 1 aliphatic heterocycles. The Balaban J connectivity index is 0.00000149. The van der Waals surface area contributed by atoms with Crippen molar-refractivity contribution in [1.29, 1.82) is 0 Å². The molecule has 1 aliphatic rings. The molecular weight excluding hydrogens is 425 g/mol. The van der Waals surface area contributed by atoms with Crippen molar-refractivity contribution in [2.24, 2.45) is 0 Å². The van der Waals surface area contributed by atoms with Gasteiger partial charge in [0.1, 0.15) is 12.4 Å². The zero-order chi connectivity index (χ0) is 24.0. The number of hydrogen-bond acceptors (Lipinski definition) is 6. The molecule has 0 bridgehead atoms. The second-order valence-corrected chi connectivity index (χ2v) is 7.61. The summed E-state index contributed by atoms with van der Waals surface area (Å²) in [5, 5.41) is 9.74. The third-order valence-corrected chi connectivity index (χ3v) is 4.82. The summed E-state index contributed by atoms with van der Waals surface area (Å²) in [5.74, 6) is 0.501. The molecule has 0 fully saturated rings. The number of pyridine rings is 1. The summed E-state index contributed by atoms with van der Waals surface area (Å²) in [6.07, 6.45) is 1.66. The second-order valence-electron chi connectivity index (χ2n) is 7.61. The van der Waals surface area contributed by atoms with Crippen LogP contribution in [0.3, 0.4) is 0 Å². The Kier molecular flexibility index (Phi) is 7.84. The van der Waals surface area contributed by atoms with Crippen molar-refractivity contribution in [2.75, 3.05) is 30.5 Å². The average molecular weight is 454 g/mol. The van der Waals surface area contributed by atoms with Gasteiger partial charge in [-0.2, -0.15) is 0 Å². The molecule has 7 nitrogen and oxygen atoms in total. The predicted molar refractivity (Wildman–Crippen MR) is 126 cm³/mol. The fraction of sp³-hybridized carbons (Fsp3) is 0.280. The highest BCUT2D eigenvalue weighted by molar-refractivity contribution is 6.07. The van der Waals surface area contributed by atoms with E-state index in [0.717, 1.165) is 24.2 Å². The molecule has 0 aliphatic carbocycles. The normalized spacial score (nSPS) is 12.3. The molecule has 8 heteroatoms. The molecule has 3 aromatic rings. The summed E-state index contributed by atoms with van der Waals surface area (Å²) in [5.41, 5.74) is 2.55. The number of fused-ring (bicyclic) bond motifs is 1. The van der Waals surface area contributed by atoms with Crippen LogP contribution in [0.4, 0.5) is 21.6 Å². The summed E-state index contributed by atoms with van der Waals surface area (Å²) in [6.45, 7) is 6.67. The first-order chi connectivity index (χ1) is 15.9. The lowest BCUT2D eigenvalue weighted by Gasteiger charge is -2.31. The minimum atomic E-state index is -0.533. The Morgan fingerprint density at radius 2 is 2.00 bits per heavy atom. The van der Waals surface area contributed by atoms with Gasteiger partial charge in [0.15, 0.2) is 17.3 Å². The van der Waals surface area contributed by atoms with Gasteiger partial charge in [-0.25, -0.2) is 9.37 Å². The number of carbonyl (C=O) groups excluding carboxylic acids is 1. The SMILES string of the molecule is CO.Cc1ccc(N2CCOc3c(C(=O)Nc4ccc(OC(C)C)c(F)c4)cccc32)nc1. The molecular formula is C25H28FN3O4. The molecule has 174 valence electrons. The van der Waals surface area contributed by atoms with E-state index in [0.29, 0.717) is 30.2 Å². The monoisotopic (exact) mass is 453 g/mol. The molecule has 0 saturated heterocycles. The molecule has 1 amide bonds. The van der Waals surface area contributed by atoms with Crippen LogP contribution < -0.4 is 19.7 Å². The van der Waals surface area contributed by atoms with Crippen molar-refractivity contribution < 1.29 is 23.8 Å². The maximum absolute atomic E-state index is 14.3. The fourth-order valence-electron chi connectivity index (χ4n) is 3.41. The van der Waals surface area contributed by atoms with Gasteiger partial charge in [-0.05, 0) is 56.7 Å². The smallest absolute Gasteiger partial charge is 0.259 e. The van der Waals surface area contributed by atoms with Crippen LogP contribution >= 0.6 is 0 Å². The van der Waals surface area contributed by atoms with Gasteiger partial charge >= 0.3 is 0 Å². The second kappa shape index (κ2) is 10.8. The lowest BCUT2D eigenvalue weighted by atomic mass is 10.1. The quantitative estimate of drug-likeness (QED) is 0.582. The molecule has 0 radical (unpaired) electrons. The summed E-state index contributed by atoms with van der Waals surface area (Å²) in [7, 11) is 1.00. The number of aliphatic hydroxyl groups excluding tert-OH is 1. The van der Waals surface area contributed by atoms with Gasteiger partial charge in [-0.3, -0.25) is 4.79 Å². The van der Waals surface area contributed by atoms with E-state index < -0.39 is 5.82 Å². The van der Waals surface area contributed by atoms with Crippen LogP contribution in [0.5, 0.6) is 11.5 Å². The molecule has 33 heavy (non-hydrogen) atoms. The number of anilines is 3. The van der Waals surface area contributed by atoms with E-state index in [1.54, 1.807) is 18.2 Å². The van der Waals surface area contributed by atoms with E-state index in [9.17, 15) is 9.18 Å². The number of amides is 1. The molecule has 4 rings (SSSR count). The lowest BCUT2D eigenvalue weighted by molar-refractivity contribution is 0.102. The van der Waals surface area contributed by atoms with Crippen molar-refractivity contribution in [3.63, 3.8) is 0 Å². The van der Waals surface area contributed by atoms with Crippen molar-refractivity contribution in [2.45, 2.75) is 26.9 Å². The molecule has 0 spiro atoms. The number of aryl methyl sites for hydroxylation is 1. The third kappa shape index (κ3) is 5.59. The zero-order valence-corrected chi connectivity index (χ0v) is 19.1.